The van der Waals surface area contributed by atoms with Crippen molar-refractivity contribution in [1.29, 1.82) is 0 Å². The molecule has 3 rings (SSSR count). The van der Waals surface area contributed by atoms with Crippen LogP contribution in [0.25, 0.3) is 0 Å². The van der Waals surface area contributed by atoms with E-state index in [0.29, 0.717) is 18.7 Å². The Bertz CT molecular complexity index is 530. The number of nitrogens with zero attached hydrogens (tertiary/aromatic N) is 2. The highest BCUT2D eigenvalue weighted by Crippen LogP contribution is 2.33. The highest BCUT2D eigenvalue weighted by atomic mass is 19.4. The molecular weight excluding hydrogens is 313 g/mol. The molecule has 2 fully saturated rings. The topological polar surface area (TPSA) is 6.48 Å². The Morgan fingerprint density at radius 3 is 1.88 bits per heavy atom. The third kappa shape index (κ3) is 4.73. The Balaban J connectivity index is 1.77. The zero-order valence-corrected chi connectivity index (χ0v) is 14.2. The second-order valence-corrected chi connectivity index (χ2v) is 7.05. The van der Waals surface area contributed by atoms with Crippen molar-refractivity contribution in [3.05, 3.63) is 34.9 Å². The van der Waals surface area contributed by atoms with Crippen molar-refractivity contribution in [1.82, 2.24) is 9.80 Å². The zero-order valence-electron chi connectivity index (χ0n) is 14.2. The lowest BCUT2D eigenvalue weighted by atomic mass is 10.0. The summed E-state index contributed by atoms with van der Waals surface area (Å²) < 4.78 is 40.0. The van der Waals surface area contributed by atoms with Crippen LogP contribution in [0.1, 0.15) is 55.2 Å². The summed E-state index contributed by atoms with van der Waals surface area (Å²) in [6.45, 7) is 4.93. The molecule has 1 aromatic carbocycles. The molecule has 1 radical (unpaired) electrons. The first-order valence-corrected chi connectivity index (χ1v) is 9.08. The average molecular weight is 339 g/mol. The van der Waals surface area contributed by atoms with Crippen LogP contribution in [0.3, 0.4) is 0 Å². The van der Waals surface area contributed by atoms with Gasteiger partial charge in [0.1, 0.15) is 0 Å². The molecule has 0 aromatic heterocycles. The molecule has 0 amide bonds. The standard InChI is InChI=1S/C19H26F3N2/c20-19(21,22)18-8-7-16(14-23-9-3-1-4-10-23)13-17(18)15-24-11-5-2-6-12-24/h7-8H,1-6,9-12,14-15H2. The molecule has 2 saturated heterocycles. The average Bonchev–Trinajstić information content (AvgIpc) is 2.56. The molecule has 0 aliphatic carbocycles. The fourth-order valence-electron chi connectivity index (χ4n) is 3.77. The second-order valence-electron chi connectivity index (χ2n) is 7.05. The maximum Gasteiger partial charge on any atom is 0.416 e. The molecule has 0 saturated carbocycles. The lowest BCUT2D eigenvalue weighted by molar-refractivity contribution is -0.138. The van der Waals surface area contributed by atoms with E-state index >= 15 is 0 Å². The molecule has 0 spiro atoms. The zero-order chi connectivity index (χ0) is 17.0. The van der Waals surface area contributed by atoms with E-state index in [-0.39, 0.29) is 0 Å². The third-order valence-electron chi connectivity index (χ3n) is 5.07. The van der Waals surface area contributed by atoms with E-state index in [2.05, 4.69) is 15.9 Å². The minimum Gasteiger partial charge on any atom is -0.299 e. The Labute approximate surface area is 142 Å². The highest BCUT2D eigenvalue weighted by Gasteiger charge is 2.34. The second kappa shape index (κ2) is 7.87. The van der Waals surface area contributed by atoms with Gasteiger partial charge in [-0.15, -0.1) is 0 Å². The van der Waals surface area contributed by atoms with Gasteiger partial charge in [0.2, 0.25) is 0 Å². The van der Waals surface area contributed by atoms with Crippen molar-refractivity contribution in [2.75, 3.05) is 26.2 Å². The number of likely N-dealkylation sites (tertiary alicyclic amines) is 2. The van der Waals surface area contributed by atoms with Crippen LogP contribution in [-0.2, 0) is 19.3 Å². The van der Waals surface area contributed by atoms with Gasteiger partial charge in [0, 0.05) is 13.1 Å². The Hall–Kier alpha value is -1.07. The van der Waals surface area contributed by atoms with Crippen LogP contribution in [-0.4, -0.2) is 36.0 Å². The van der Waals surface area contributed by atoms with Crippen LogP contribution < -0.4 is 0 Å². The van der Waals surface area contributed by atoms with Crippen molar-refractivity contribution in [2.45, 2.75) is 57.8 Å². The maximum absolute atomic E-state index is 13.3. The maximum atomic E-state index is 13.3. The van der Waals surface area contributed by atoms with E-state index in [1.54, 1.807) is 6.07 Å². The summed E-state index contributed by atoms with van der Waals surface area (Å²) in [7, 11) is 0. The van der Waals surface area contributed by atoms with E-state index in [0.717, 1.165) is 44.6 Å². The van der Waals surface area contributed by atoms with Crippen LogP contribution >= 0.6 is 0 Å². The molecule has 1 aromatic rings. The van der Waals surface area contributed by atoms with E-state index in [9.17, 15) is 13.2 Å². The number of hydrogen-bond donors (Lipinski definition) is 0. The molecule has 2 aliphatic rings. The predicted molar refractivity (Wildman–Crippen MR) is 88.5 cm³/mol. The van der Waals surface area contributed by atoms with Crippen LogP contribution in [0.4, 0.5) is 13.2 Å². The van der Waals surface area contributed by atoms with Crippen molar-refractivity contribution < 1.29 is 13.2 Å². The monoisotopic (exact) mass is 339 g/mol. The summed E-state index contributed by atoms with van der Waals surface area (Å²) in [4.78, 5) is 4.46. The van der Waals surface area contributed by atoms with Crippen molar-refractivity contribution in [3.8, 4) is 0 Å². The number of halogens is 3. The summed E-state index contributed by atoms with van der Waals surface area (Å²) in [5, 5.41) is 0. The fourth-order valence-corrected chi connectivity index (χ4v) is 3.77. The molecule has 0 unspecified atom stereocenters. The first-order chi connectivity index (χ1) is 11.5. The summed E-state index contributed by atoms with van der Waals surface area (Å²) in [5.74, 6) is 0. The molecule has 2 heterocycles. The van der Waals surface area contributed by atoms with Gasteiger partial charge in [0.25, 0.3) is 0 Å². The SMILES string of the molecule is FC(F)(F)c1ccc(CN2CCCCC2)[c]c1CN1CCCCC1. The van der Waals surface area contributed by atoms with Crippen LogP contribution in [0.5, 0.6) is 0 Å². The quantitative estimate of drug-likeness (QED) is 0.798. The minimum atomic E-state index is -4.30. The lowest BCUT2D eigenvalue weighted by Crippen LogP contribution is -2.31. The van der Waals surface area contributed by atoms with Gasteiger partial charge < -0.3 is 0 Å². The van der Waals surface area contributed by atoms with Gasteiger partial charge in [-0.1, -0.05) is 18.9 Å². The molecule has 5 heteroatoms. The molecule has 0 bridgehead atoms. The van der Waals surface area contributed by atoms with Gasteiger partial charge in [-0.05, 0) is 75.1 Å². The first-order valence-electron chi connectivity index (χ1n) is 9.08. The summed E-state index contributed by atoms with van der Waals surface area (Å²) in [5.41, 5.74) is 0.686. The molecule has 2 nitrogen and oxygen atoms in total. The van der Waals surface area contributed by atoms with E-state index in [1.165, 1.54) is 31.7 Å². The van der Waals surface area contributed by atoms with Crippen LogP contribution in [0.15, 0.2) is 12.1 Å². The number of alkyl halides is 3. The molecule has 133 valence electrons. The van der Waals surface area contributed by atoms with Gasteiger partial charge in [0.15, 0.2) is 0 Å². The van der Waals surface area contributed by atoms with Gasteiger partial charge in [-0.3, -0.25) is 9.80 Å². The summed E-state index contributed by atoms with van der Waals surface area (Å²) >= 11 is 0. The van der Waals surface area contributed by atoms with Crippen molar-refractivity contribution >= 4 is 0 Å². The fraction of sp³-hybridized carbons (Fsp3) is 0.684. The number of hydrogen-bond acceptors (Lipinski definition) is 2. The first kappa shape index (κ1) is 17.7. The van der Waals surface area contributed by atoms with Gasteiger partial charge in [-0.25, -0.2) is 0 Å². The van der Waals surface area contributed by atoms with Gasteiger partial charge in [0.05, 0.1) is 5.56 Å². The summed E-state index contributed by atoms with van der Waals surface area (Å²) in [6.07, 6.45) is 2.66. The van der Waals surface area contributed by atoms with Crippen molar-refractivity contribution in [3.63, 3.8) is 0 Å². The predicted octanol–water partition coefficient (Wildman–Crippen LogP) is 4.48. The van der Waals surface area contributed by atoms with Crippen LogP contribution in [0, 0.1) is 6.07 Å². The molecular formula is C19H26F3N2. The molecule has 24 heavy (non-hydrogen) atoms. The lowest BCUT2D eigenvalue weighted by Gasteiger charge is -2.29. The van der Waals surface area contributed by atoms with Gasteiger partial charge in [-0.2, -0.15) is 13.2 Å². The minimum absolute atomic E-state index is 0.318. The largest absolute Gasteiger partial charge is 0.416 e. The summed E-state index contributed by atoms with van der Waals surface area (Å²) in [6, 6.07) is 5.98. The van der Waals surface area contributed by atoms with E-state index < -0.39 is 11.7 Å². The molecule has 2 aliphatic heterocycles. The molecule has 0 N–H and O–H groups in total. The smallest absolute Gasteiger partial charge is 0.299 e. The van der Waals surface area contributed by atoms with Crippen molar-refractivity contribution in [2.24, 2.45) is 0 Å². The molecule has 0 atom stereocenters. The van der Waals surface area contributed by atoms with Crippen LogP contribution in [0.2, 0.25) is 0 Å². The van der Waals surface area contributed by atoms with E-state index in [1.807, 2.05) is 0 Å². The Morgan fingerprint density at radius 1 is 0.792 bits per heavy atom. The number of rotatable bonds is 4. The Morgan fingerprint density at radius 2 is 1.33 bits per heavy atom. The number of piperidine rings is 2. The van der Waals surface area contributed by atoms with Gasteiger partial charge >= 0.3 is 6.18 Å². The normalized spacial score (nSPS) is 21.1. The Kier molecular flexibility index (Phi) is 5.82. The highest BCUT2D eigenvalue weighted by molar-refractivity contribution is 5.33. The van der Waals surface area contributed by atoms with E-state index in [4.69, 9.17) is 0 Å². The number of benzene rings is 1. The third-order valence-corrected chi connectivity index (χ3v) is 5.07.